The lowest BCUT2D eigenvalue weighted by atomic mass is 9.85. The molecule has 18 heavy (non-hydrogen) atoms. The van der Waals surface area contributed by atoms with Gasteiger partial charge in [0, 0.05) is 0 Å². The molecule has 0 aromatic heterocycles. The minimum atomic E-state index is -1.33. The minimum absolute atomic E-state index is 0.137. The number of aliphatic hydroxyl groups is 1. The molecular weight excluding hydrogens is 234 g/mol. The summed E-state index contributed by atoms with van der Waals surface area (Å²) in [5.74, 6) is -0.700. The first-order valence-electron chi connectivity index (χ1n) is 6.73. The van der Waals surface area contributed by atoms with E-state index in [4.69, 9.17) is 0 Å². The van der Waals surface area contributed by atoms with E-state index < -0.39 is 17.2 Å². The molecule has 0 amide bonds. The van der Waals surface area contributed by atoms with E-state index in [2.05, 4.69) is 6.92 Å². The lowest BCUT2D eigenvalue weighted by Gasteiger charge is -2.28. The zero-order valence-corrected chi connectivity index (χ0v) is 10.8. The first-order chi connectivity index (χ1) is 8.57. The van der Waals surface area contributed by atoms with Crippen molar-refractivity contribution >= 4 is 0 Å². The number of rotatable bonds is 2. The Bertz CT molecular complexity index is 399. The molecule has 0 bridgehead atoms. The molecule has 1 saturated carbocycles. The number of benzene rings is 1. The van der Waals surface area contributed by atoms with Crippen molar-refractivity contribution in [1.29, 1.82) is 0 Å². The maximum Gasteiger partial charge on any atom is 0.132 e. The summed E-state index contributed by atoms with van der Waals surface area (Å²) in [5.41, 5.74) is -1.47. The predicted molar refractivity (Wildman–Crippen MR) is 67.1 cm³/mol. The van der Waals surface area contributed by atoms with Gasteiger partial charge in [-0.2, -0.15) is 0 Å². The van der Waals surface area contributed by atoms with Crippen molar-refractivity contribution < 1.29 is 13.9 Å². The topological polar surface area (TPSA) is 20.2 Å². The monoisotopic (exact) mass is 254 g/mol. The molecule has 1 nitrogen and oxygen atoms in total. The first kappa shape index (κ1) is 13.5. The van der Waals surface area contributed by atoms with Crippen LogP contribution in [0.4, 0.5) is 8.78 Å². The summed E-state index contributed by atoms with van der Waals surface area (Å²) >= 11 is 0. The van der Waals surface area contributed by atoms with Crippen molar-refractivity contribution in [3.8, 4) is 0 Å². The highest BCUT2D eigenvalue weighted by Gasteiger charge is 2.36. The van der Waals surface area contributed by atoms with Gasteiger partial charge < -0.3 is 5.11 Å². The maximum absolute atomic E-state index is 13.8. The molecule has 0 saturated heterocycles. The second kappa shape index (κ2) is 5.35. The summed E-state index contributed by atoms with van der Waals surface area (Å²) in [6, 6.07) is 3.78. The van der Waals surface area contributed by atoms with Gasteiger partial charge in [0.2, 0.25) is 0 Å². The molecule has 0 aliphatic heterocycles. The van der Waals surface area contributed by atoms with Crippen molar-refractivity contribution in [2.24, 2.45) is 5.92 Å². The van der Waals surface area contributed by atoms with E-state index in [0.29, 0.717) is 18.8 Å². The molecule has 1 N–H and O–H groups in total. The highest BCUT2D eigenvalue weighted by Crippen LogP contribution is 2.40. The van der Waals surface area contributed by atoms with Gasteiger partial charge in [-0.3, -0.25) is 0 Å². The Morgan fingerprint density at radius 3 is 2.50 bits per heavy atom. The van der Waals surface area contributed by atoms with Crippen LogP contribution < -0.4 is 0 Å². The Morgan fingerprint density at radius 1 is 1.22 bits per heavy atom. The highest BCUT2D eigenvalue weighted by atomic mass is 19.1. The fourth-order valence-electron chi connectivity index (χ4n) is 3.00. The molecular formula is C15H20F2O. The van der Waals surface area contributed by atoms with Gasteiger partial charge >= 0.3 is 0 Å². The van der Waals surface area contributed by atoms with E-state index in [9.17, 15) is 13.9 Å². The SMILES string of the molecule is CCC1CCCC(O)(c2c(F)cccc2F)CC1. The van der Waals surface area contributed by atoms with Crippen molar-refractivity contribution in [2.75, 3.05) is 0 Å². The van der Waals surface area contributed by atoms with Gasteiger partial charge in [-0.15, -0.1) is 0 Å². The Hall–Kier alpha value is -0.960. The van der Waals surface area contributed by atoms with E-state index in [-0.39, 0.29) is 5.56 Å². The Morgan fingerprint density at radius 2 is 1.89 bits per heavy atom. The molecule has 1 aliphatic rings. The molecule has 2 unspecified atom stereocenters. The molecule has 0 heterocycles. The molecule has 3 heteroatoms. The van der Waals surface area contributed by atoms with Crippen molar-refractivity contribution in [3.05, 3.63) is 35.4 Å². The van der Waals surface area contributed by atoms with Crippen LogP contribution in [0.2, 0.25) is 0 Å². The molecule has 2 atom stereocenters. The predicted octanol–water partition coefficient (Wildman–Crippen LogP) is 4.14. The largest absolute Gasteiger partial charge is 0.385 e. The highest BCUT2D eigenvalue weighted by molar-refractivity contribution is 5.26. The third kappa shape index (κ3) is 2.56. The Balaban J connectivity index is 2.30. The number of hydrogen-bond acceptors (Lipinski definition) is 1. The minimum Gasteiger partial charge on any atom is -0.385 e. The molecule has 100 valence electrons. The second-order valence-corrected chi connectivity index (χ2v) is 5.33. The van der Waals surface area contributed by atoms with E-state index in [1.54, 1.807) is 0 Å². The van der Waals surface area contributed by atoms with E-state index >= 15 is 0 Å². The van der Waals surface area contributed by atoms with Gasteiger partial charge in [0.15, 0.2) is 0 Å². The summed E-state index contributed by atoms with van der Waals surface area (Å²) in [7, 11) is 0. The van der Waals surface area contributed by atoms with Gasteiger partial charge in [-0.25, -0.2) is 8.78 Å². The van der Waals surface area contributed by atoms with Crippen LogP contribution >= 0.6 is 0 Å². The molecule has 0 spiro atoms. The summed E-state index contributed by atoms with van der Waals surface area (Å²) in [6.07, 6.45) is 4.65. The average molecular weight is 254 g/mol. The number of halogens is 2. The maximum atomic E-state index is 13.8. The molecule has 1 aliphatic carbocycles. The zero-order valence-electron chi connectivity index (χ0n) is 10.8. The molecule has 0 radical (unpaired) electrons. The summed E-state index contributed by atoms with van der Waals surface area (Å²) < 4.78 is 27.6. The normalized spacial score (nSPS) is 29.0. The smallest absolute Gasteiger partial charge is 0.132 e. The van der Waals surface area contributed by atoms with Gasteiger partial charge in [-0.1, -0.05) is 25.8 Å². The Kier molecular flexibility index (Phi) is 4.00. The van der Waals surface area contributed by atoms with Gasteiger partial charge in [0.05, 0.1) is 11.2 Å². The first-order valence-corrected chi connectivity index (χ1v) is 6.73. The summed E-state index contributed by atoms with van der Waals surface area (Å²) in [4.78, 5) is 0. The fourth-order valence-corrected chi connectivity index (χ4v) is 3.00. The molecule has 1 aromatic rings. The van der Waals surface area contributed by atoms with Crippen LogP contribution in [0, 0.1) is 17.6 Å². The lowest BCUT2D eigenvalue weighted by molar-refractivity contribution is 0.0126. The molecule has 2 rings (SSSR count). The fraction of sp³-hybridized carbons (Fsp3) is 0.600. The van der Waals surface area contributed by atoms with E-state index in [1.165, 1.54) is 18.2 Å². The van der Waals surface area contributed by atoms with E-state index in [0.717, 1.165) is 25.7 Å². The lowest BCUT2D eigenvalue weighted by Crippen LogP contribution is -2.27. The third-order valence-electron chi connectivity index (χ3n) is 4.17. The van der Waals surface area contributed by atoms with Crippen LogP contribution in [0.15, 0.2) is 18.2 Å². The van der Waals surface area contributed by atoms with Crippen LogP contribution in [0.1, 0.15) is 51.0 Å². The van der Waals surface area contributed by atoms with Crippen LogP contribution in [0.5, 0.6) is 0 Å². The zero-order chi connectivity index (χ0) is 13.2. The number of hydrogen-bond donors (Lipinski definition) is 1. The van der Waals surface area contributed by atoms with Gasteiger partial charge in [-0.05, 0) is 43.7 Å². The van der Waals surface area contributed by atoms with E-state index in [1.807, 2.05) is 0 Å². The van der Waals surface area contributed by atoms with Crippen LogP contribution in [0.3, 0.4) is 0 Å². The van der Waals surface area contributed by atoms with Crippen LogP contribution in [0.25, 0.3) is 0 Å². The summed E-state index contributed by atoms with van der Waals surface area (Å²) in [5, 5.41) is 10.6. The van der Waals surface area contributed by atoms with Crippen molar-refractivity contribution in [2.45, 2.75) is 51.0 Å². The van der Waals surface area contributed by atoms with Crippen molar-refractivity contribution in [3.63, 3.8) is 0 Å². The van der Waals surface area contributed by atoms with Crippen LogP contribution in [-0.4, -0.2) is 5.11 Å². The van der Waals surface area contributed by atoms with Gasteiger partial charge in [0.1, 0.15) is 11.6 Å². The molecule has 1 fully saturated rings. The third-order valence-corrected chi connectivity index (χ3v) is 4.17. The van der Waals surface area contributed by atoms with Crippen LogP contribution in [-0.2, 0) is 5.60 Å². The summed E-state index contributed by atoms with van der Waals surface area (Å²) in [6.45, 7) is 2.12. The Labute approximate surface area is 107 Å². The quantitative estimate of drug-likeness (QED) is 0.786. The average Bonchev–Trinajstić information content (AvgIpc) is 2.51. The molecule has 1 aromatic carbocycles. The van der Waals surface area contributed by atoms with Crippen molar-refractivity contribution in [1.82, 2.24) is 0 Å². The standard InChI is InChI=1S/C15H20F2O/c1-2-11-5-4-9-15(18,10-8-11)14-12(16)6-3-7-13(14)17/h3,6-7,11,18H,2,4-5,8-10H2,1H3. The van der Waals surface area contributed by atoms with Gasteiger partial charge in [0.25, 0.3) is 0 Å². The second-order valence-electron chi connectivity index (χ2n) is 5.33.